The third-order valence-electron chi connectivity index (χ3n) is 11.2. The molecule has 2 aromatic heterocycles. The van der Waals surface area contributed by atoms with Crippen molar-refractivity contribution in [2.45, 2.75) is 94.4 Å². The Bertz CT molecular complexity index is 2490. The molecule has 6 N–H and O–H groups in total. The average Bonchev–Trinajstić information content (AvgIpc) is 3.63. The van der Waals surface area contributed by atoms with Crippen LogP contribution in [0.15, 0.2) is 65.5 Å². The number of aromatic amines is 1. The summed E-state index contributed by atoms with van der Waals surface area (Å²) in [6.07, 6.45) is -1.67. The summed E-state index contributed by atoms with van der Waals surface area (Å²) in [5, 5.41) is 42.2. The lowest BCUT2D eigenvalue weighted by atomic mass is 9.75. The summed E-state index contributed by atoms with van der Waals surface area (Å²) in [7, 11) is 7.24. The SMILES string of the molecule is COC(=O)NC1=C2/C(=C/CSSSC)[C@](O)(C#C/C=C\C#C[C@@H]2O[C@@H]2O[C@H](C)[C@@H](C(=O)c3nccc4c3[nH]c3ccc(O)cc34)[C@H](O)[C@H]2O[C@H]2C[C@H](OC)[C@@H](NC(C)C)CO2)CC1=O. The monoisotopic (exact) mass is 934 g/mol. The quantitative estimate of drug-likeness (QED) is 0.0559. The molecule has 4 heterocycles. The number of carbonyl (C=O) groups excluding carboxylic acids is 3. The van der Waals surface area contributed by atoms with Crippen LogP contribution >= 0.6 is 31.4 Å². The average molecular weight is 935 g/mol. The lowest BCUT2D eigenvalue weighted by Gasteiger charge is -2.46. The van der Waals surface area contributed by atoms with Gasteiger partial charge in [-0.3, -0.25) is 19.9 Å². The minimum atomic E-state index is -2.03. The number of H-pyrrole nitrogens is 1. The standard InChI is InChI=1S/C45H50N4O12S3/c1-23(2)47-30-22-58-34(20-33(30)56-4)61-42-41(53)35(40(52)39-37-26(14-17-46-39)27-19-25(50)12-13-29(27)48-37)24(3)59-43(42)60-32-11-9-7-8-10-16-45(55)21-31(51)38(49-44(54)57-5)36(32)28(45)15-18-63-64-62-6/h7-8,12-15,17,19,23-24,30,32-35,41-43,47-48,50,53,55H,18,20-22H2,1-6H3,(H,49,54)/b8-7-,28-15-/t24-,30+,32+,33+,34+,35+,41+,42-,43+,45+/m1/s1. The predicted molar refractivity (Wildman–Crippen MR) is 244 cm³/mol. The number of nitrogens with zero attached hydrogens (tertiary/aromatic N) is 1. The van der Waals surface area contributed by atoms with E-state index in [2.05, 4.69) is 44.3 Å². The Kier molecular flexibility index (Phi) is 15.5. The number of pyridine rings is 1. The second kappa shape index (κ2) is 20.9. The molecular weight excluding hydrogens is 885 g/mol. The molecule has 1 aromatic carbocycles. The van der Waals surface area contributed by atoms with E-state index in [9.17, 15) is 29.7 Å². The number of hydrogen-bond acceptors (Lipinski definition) is 17. The third kappa shape index (κ3) is 10.2. The molecule has 7 rings (SSSR count). The number of amides is 1. The van der Waals surface area contributed by atoms with Gasteiger partial charge in [-0.05, 0) is 59.4 Å². The van der Waals surface area contributed by atoms with Crippen molar-refractivity contribution >= 4 is 70.9 Å². The minimum absolute atomic E-state index is 0.00427. The van der Waals surface area contributed by atoms with Gasteiger partial charge in [0, 0.05) is 59.0 Å². The van der Waals surface area contributed by atoms with Crippen LogP contribution in [-0.4, -0.2) is 137 Å². The van der Waals surface area contributed by atoms with Gasteiger partial charge in [0.2, 0.25) is 0 Å². The van der Waals surface area contributed by atoms with E-state index in [1.165, 1.54) is 55.8 Å². The van der Waals surface area contributed by atoms with Gasteiger partial charge in [-0.2, -0.15) is 0 Å². The van der Waals surface area contributed by atoms with E-state index in [0.29, 0.717) is 27.6 Å². The highest BCUT2D eigenvalue weighted by Crippen LogP contribution is 2.42. The molecule has 2 aliphatic heterocycles. The van der Waals surface area contributed by atoms with Crippen molar-refractivity contribution in [1.82, 2.24) is 20.6 Å². The molecule has 16 nitrogen and oxygen atoms in total. The topological polar surface area (TPSA) is 220 Å². The zero-order valence-corrected chi connectivity index (χ0v) is 38.4. The number of allylic oxidation sites excluding steroid dienone is 3. The summed E-state index contributed by atoms with van der Waals surface area (Å²) in [4.78, 5) is 49.3. The van der Waals surface area contributed by atoms with Gasteiger partial charge in [-0.25, -0.2) is 4.79 Å². The Balaban J connectivity index is 1.31. The van der Waals surface area contributed by atoms with Crippen LogP contribution in [0.25, 0.3) is 21.8 Å². The Hall–Kier alpha value is -4.35. The van der Waals surface area contributed by atoms with Crippen molar-refractivity contribution in [1.29, 1.82) is 0 Å². The summed E-state index contributed by atoms with van der Waals surface area (Å²) in [6.45, 7) is 5.82. The van der Waals surface area contributed by atoms with Crippen LogP contribution in [0, 0.1) is 29.6 Å². The number of phenols is 1. The molecule has 2 saturated heterocycles. The zero-order valence-electron chi connectivity index (χ0n) is 35.9. The molecule has 19 heteroatoms. The smallest absolute Gasteiger partial charge is 0.411 e. The van der Waals surface area contributed by atoms with Gasteiger partial charge in [0.25, 0.3) is 0 Å². The number of aliphatic hydroxyl groups is 2. The van der Waals surface area contributed by atoms with Gasteiger partial charge in [0.1, 0.15) is 23.7 Å². The lowest BCUT2D eigenvalue weighted by Crippen LogP contribution is -2.60. The van der Waals surface area contributed by atoms with Crippen LogP contribution in [-0.2, 0) is 33.2 Å². The Morgan fingerprint density at radius 1 is 1.16 bits per heavy atom. The number of alkyl carbamates (subject to hydrolysis) is 1. The Morgan fingerprint density at radius 3 is 2.70 bits per heavy atom. The fourth-order valence-electron chi connectivity index (χ4n) is 8.40. The molecule has 10 atom stereocenters. The van der Waals surface area contributed by atoms with E-state index >= 15 is 0 Å². The highest BCUT2D eigenvalue weighted by atomic mass is 33.5. The summed E-state index contributed by atoms with van der Waals surface area (Å²) < 4.78 is 36.9. The number of ketones is 2. The zero-order chi connectivity index (χ0) is 45.7. The molecule has 340 valence electrons. The second-order valence-corrected chi connectivity index (χ2v) is 20.1. The van der Waals surface area contributed by atoms with Crippen LogP contribution in [0.1, 0.15) is 44.1 Å². The number of Topliss-reactive ketones (excluding diaryl/α,β-unsaturated/α-hetero) is 2. The van der Waals surface area contributed by atoms with Crippen molar-refractivity contribution in [3.63, 3.8) is 0 Å². The summed E-state index contributed by atoms with van der Waals surface area (Å²) in [5.74, 6) is 9.37. The fraction of sp³-hybridized carbons (Fsp3) is 0.467. The van der Waals surface area contributed by atoms with Crippen LogP contribution in [0.5, 0.6) is 5.75 Å². The van der Waals surface area contributed by atoms with Crippen molar-refractivity contribution in [2.75, 3.05) is 32.8 Å². The maximum atomic E-state index is 14.8. The van der Waals surface area contributed by atoms with Gasteiger partial charge in [0.05, 0.1) is 61.6 Å². The van der Waals surface area contributed by atoms with E-state index in [1.54, 1.807) is 38.3 Å². The molecule has 4 aliphatic rings. The highest BCUT2D eigenvalue weighted by molar-refractivity contribution is 9.09. The highest BCUT2D eigenvalue weighted by Gasteiger charge is 2.52. The molecule has 64 heavy (non-hydrogen) atoms. The largest absolute Gasteiger partial charge is 0.508 e. The first-order valence-electron chi connectivity index (χ1n) is 20.5. The number of fused-ring (bicyclic) bond motifs is 5. The maximum Gasteiger partial charge on any atom is 0.411 e. The molecule has 0 radical (unpaired) electrons. The number of carbonyl (C=O) groups is 3. The van der Waals surface area contributed by atoms with Gasteiger partial charge in [-0.1, -0.05) is 65.2 Å². The molecule has 1 amide bonds. The molecule has 2 aliphatic carbocycles. The number of rotatable bonds is 14. The summed E-state index contributed by atoms with van der Waals surface area (Å²) >= 11 is 0. The van der Waals surface area contributed by atoms with Crippen LogP contribution < -0.4 is 10.6 Å². The number of benzene rings is 1. The van der Waals surface area contributed by atoms with E-state index < -0.39 is 72.6 Å². The number of ether oxygens (including phenoxy) is 6. The fourth-order valence-corrected chi connectivity index (χ4v) is 10.8. The van der Waals surface area contributed by atoms with Crippen molar-refractivity contribution < 1.29 is 58.1 Å². The number of aliphatic hydroxyl groups excluding tert-OH is 1. The minimum Gasteiger partial charge on any atom is -0.508 e. The van der Waals surface area contributed by atoms with Crippen LogP contribution in [0.4, 0.5) is 4.79 Å². The molecule has 2 fully saturated rings. The summed E-state index contributed by atoms with van der Waals surface area (Å²) in [6, 6.07) is 6.49. The van der Waals surface area contributed by atoms with Crippen molar-refractivity contribution in [2.24, 2.45) is 5.92 Å². The molecule has 0 spiro atoms. The first-order chi connectivity index (χ1) is 30.8. The van der Waals surface area contributed by atoms with Crippen molar-refractivity contribution in [3.8, 4) is 29.4 Å². The van der Waals surface area contributed by atoms with E-state index in [0.717, 1.165) is 7.11 Å². The normalized spacial score (nSPS) is 30.4. The number of nitrogens with one attached hydrogen (secondary N) is 3. The van der Waals surface area contributed by atoms with E-state index in [-0.39, 0.29) is 59.5 Å². The molecule has 3 aromatic rings. The van der Waals surface area contributed by atoms with Crippen LogP contribution in [0.2, 0.25) is 0 Å². The van der Waals surface area contributed by atoms with Gasteiger partial charge in [-0.15, -0.1) is 0 Å². The number of phenolic OH excluding ortho intramolecular Hbond substituents is 1. The van der Waals surface area contributed by atoms with Gasteiger partial charge >= 0.3 is 6.09 Å². The molecule has 2 bridgehead atoms. The number of hydrogen-bond donors (Lipinski definition) is 6. The lowest BCUT2D eigenvalue weighted by molar-refractivity contribution is -0.327. The molecule has 0 saturated carbocycles. The Labute approximate surface area is 381 Å². The Morgan fingerprint density at radius 2 is 1.95 bits per heavy atom. The molecular formula is C45H50N4O12S3. The van der Waals surface area contributed by atoms with E-state index in [4.69, 9.17) is 28.4 Å². The molecule has 0 unspecified atom stereocenters. The van der Waals surface area contributed by atoms with Gasteiger partial charge < -0.3 is 54.0 Å². The second-order valence-electron chi connectivity index (χ2n) is 15.7. The predicted octanol–water partition coefficient (Wildman–Crippen LogP) is 4.70. The number of aromatic hydroxyl groups is 1. The van der Waals surface area contributed by atoms with Gasteiger partial charge in [0.15, 0.2) is 29.7 Å². The van der Waals surface area contributed by atoms with E-state index in [1.807, 2.05) is 20.1 Å². The first kappa shape index (κ1) is 47.6. The summed E-state index contributed by atoms with van der Waals surface area (Å²) in [5.41, 5.74) is -1.01. The van der Waals surface area contributed by atoms with Crippen molar-refractivity contribution in [3.05, 3.63) is 71.2 Å². The third-order valence-corrected chi connectivity index (χ3v) is 15.0. The maximum absolute atomic E-state index is 14.8. The first-order valence-corrected chi connectivity index (χ1v) is 24.6. The van der Waals surface area contributed by atoms with Crippen LogP contribution in [0.3, 0.4) is 0 Å². The number of aromatic nitrogens is 2. The number of methoxy groups -OCH3 is 2.